The molecular weight excluding hydrogens is 1650 g/mol. The summed E-state index contributed by atoms with van der Waals surface area (Å²) in [5.41, 5.74) is 20.0. The van der Waals surface area contributed by atoms with Crippen LogP contribution in [-0.2, 0) is 101 Å². The SMILES string of the molecule is CCCC[C@H]1C(=O)N(C)[C@@H](CCCC)C(=O)N[C@@H](C)C(=O)N[C@H](C(=O)NCC(N)=O)CSCC(=O)N[C@@H](Cc2ccc(O)cc2)C(=O)N(C)[C@@H](C)C(=O)N[C@@H](CC(N)=O)C(=O)N2CCC[C@H]2C(=O)N[C@@H](CN)C(=O)N[C@@H](CC(C)C)C(=O)N2C[C@H](O)C[C@H]2C(=O)C[C@@H](Cc2c[nH]c3ccccc23)C(=O)N[C@@H](CO)C(=O)N[C@@H](Cc2c[nH]c3ccccc23)C(=O)N1C. The molecule has 0 aliphatic carbocycles. The number of Topliss-reactive ketones (excluding diaryl/α,β-unsaturated/α-hetero) is 1. The number of carbonyl (C=O) groups excluding carboxylic acids is 17. The lowest BCUT2D eigenvalue weighted by molar-refractivity contribution is -0.149. The number of likely N-dealkylation sites (N-methyl/N-ethyl adjacent to an activating group) is 3. The Morgan fingerprint density at radius 1 is 0.571 bits per heavy atom. The Kier molecular flexibility index (Phi) is 36.9. The highest BCUT2D eigenvalue weighted by Crippen LogP contribution is 2.30. The molecule has 40 heteroatoms. The Hall–Kier alpha value is -12.0. The van der Waals surface area contributed by atoms with Gasteiger partial charge in [-0.05, 0) is 99.2 Å². The maximum absolute atomic E-state index is 15.6. The Bertz CT molecular complexity index is 4750. The van der Waals surface area contributed by atoms with Crippen molar-refractivity contribution in [1.29, 1.82) is 0 Å². The van der Waals surface area contributed by atoms with Crippen LogP contribution in [0.15, 0.2) is 85.2 Å². The van der Waals surface area contributed by atoms with Crippen molar-refractivity contribution in [1.82, 2.24) is 82.3 Å². The van der Waals surface area contributed by atoms with E-state index in [0.29, 0.717) is 64.2 Å². The van der Waals surface area contributed by atoms with Crippen LogP contribution in [0, 0.1) is 11.8 Å². The van der Waals surface area contributed by atoms with Crippen LogP contribution in [0.5, 0.6) is 5.75 Å². The molecule has 39 nitrogen and oxygen atoms in total. The van der Waals surface area contributed by atoms with Crippen LogP contribution in [0.1, 0.15) is 135 Å². The smallest absolute Gasteiger partial charge is 0.246 e. The number of aliphatic hydroxyl groups excluding tert-OH is 2. The number of nitrogens with two attached hydrogens (primary N) is 3. The van der Waals surface area contributed by atoms with E-state index in [1.807, 2.05) is 13.8 Å². The first-order valence-electron chi connectivity index (χ1n) is 42.5. The van der Waals surface area contributed by atoms with Gasteiger partial charge >= 0.3 is 0 Å². The van der Waals surface area contributed by atoms with E-state index in [4.69, 9.17) is 17.2 Å². The van der Waals surface area contributed by atoms with Crippen molar-refractivity contribution in [2.75, 3.05) is 65.4 Å². The Balaban J connectivity index is 1.16. The second kappa shape index (κ2) is 46.8. The number of H-pyrrole nitrogens is 2. The number of carbonyl (C=O) groups is 17. The van der Waals surface area contributed by atoms with Gasteiger partial charge in [-0.3, -0.25) is 81.5 Å². The van der Waals surface area contributed by atoms with Gasteiger partial charge in [0.2, 0.25) is 94.5 Å². The molecule has 0 unspecified atom stereocenters. The second-order valence-corrected chi connectivity index (χ2v) is 34.0. The lowest BCUT2D eigenvalue weighted by Crippen LogP contribution is -2.61. The molecule has 3 aromatic carbocycles. The molecule has 126 heavy (non-hydrogen) atoms. The van der Waals surface area contributed by atoms with Gasteiger partial charge < -0.3 is 115 Å². The molecule has 2 aromatic heterocycles. The summed E-state index contributed by atoms with van der Waals surface area (Å²) in [6.07, 6.45) is 1.50. The number of amides is 16. The average molecular weight is 1770 g/mol. The van der Waals surface area contributed by atoms with Crippen molar-refractivity contribution in [3.63, 3.8) is 0 Å². The van der Waals surface area contributed by atoms with Crippen molar-refractivity contribution in [3.05, 3.63) is 102 Å². The first-order valence-corrected chi connectivity index (χ1v) is 43.7. The fraction of sp³-hybridized carbons (Fsp3) is 0.547. The number of nitrogens with one attached hydrogen (secondary N) is 11. The standard InChI is InChI=1S/C86H121N19O20S/c1-10-12-23-66-80(119)93-47(5)74(113)100-65(77(116)92-41-72(89)111)44-126-45-73(112)94-60(32-49-26-28-53(107)29-27-49)82(121)101(7)48(6)75(114)95-62(37-71(88)110)84(123)104-30-18-25-67(104)81(120)98-63(38-87)78(117)96-59(31-46(3)4)85(124)105-42-54(108)36-69(105)70(109)35-50(33-51-39-90-57-21-16-14-19-55(51)57)76(115)99-64(43-106)79(118)97-61(34-52-40-91-58-22-17-15-20-56(52)58)83(122)103(9)68(24-13-11-2)86(125)102(66)8/h14-17,19-22,26-29,39-40,46-48,50,54,59-69,90-91,106-108H,10-13,18,23-25,30-38,41-45,87H2,1-9H3,(H2,88,110)(H2,89,111)(H,92,116)(H,93,119)(H,94,112)(H,95,114)(H,96,117)(H,97,118)(H,98,120)(H,99,115)(H,100,113)/t47-,48-,50+,54+,59-,60-,61-,62-,63-,64-,65-,66-,67-,68-,69-/m0/s1. The van der Waals surface area contributed by atoms with Crippen LogP contribution >= 0.6 is 11.8 Å². The zero-order valence-electron chi connectivity index (χ0n) is 72.5. The van der Waals surface area contributed by atoms with E-state index in [1.165, 1.54) is 59.3 Å². The topological polar surface area (TPSA) is 585 Å². The average Bonchev–Trinajstić information content (AvgIpc) is 1.71. The zero-order chi connectivity index (χ0) is 92.5. The number of aromatic amines is 2. The van der Waals surface area contributed by atoms with E-state index in [9.17, 15) is 68.1 Å². The molecule has 686 valence electrons. The molecule has 15 atom stereocenters. The molecule has 5 aromatic rings. The lowest BCUT2D eigenvalue weighted by Gasteiger charge is -2.36. The van der Waals surface area contributed by atoms with Gasteiger partial charge in [-0.1, -0.05) is 102 Å². The quantitative estimate of drug-likeness (QED) is 0.0375. The lowest BCUT2D eigenvalue weighted by atomic mass is 9.90. The number of unbranched alkanes of at least 4 members (excludes halogenated alkanes) is 2. The van der Waals surface area contributed by atoms with Gasteiger partial charge in [0.1, 0.15) is 78.3 Å². The minimum atomic E-state index is -1.83. The van der Waals surface area contributed by atoms with E-state index < -0.39 is 241 Å². The van der Waals surface area contributed by atoms with Crippen molar-refractivity contribution in [2.24, 2.45) is 29.0 Å². The number of hydrogen-bond acceptors (Lipinski definition) is 22. The molecule has 0 bridgehead atoms. The molecule has 0 radical (unpaired) electrons. The van der Waals surface area contributed by atoms with Gasteiger partial charge in [0.15, 0.2) is 5.78 Å². The Morgan fingerprint density at radius 3 is 1.73 bits per heavy atom. The third kappa shape index (κ3) is 26.8. The molecule has 3 fully saturated rings. The number of rotatable bonds is 21. The highest BCUT2D eigenvalue weighted by atomic mass is 32.2. The molecule has 0 saturated carbocycles. The normalized spacial score (nSPS) is 25.8. The third-order valence-corrected chi connectivity index (χ3v) is 24.0. The summed E-state index contributed by atoms with van der Waals surface area (Å²) in [5.74, 6) is -18.2. The van der Waals surface area contributed by atoms with Crippen molar-refractivity contribution >= 4 is 134 Å². The third-order valence-electron chi connectivity index (χ3n) is 23.0. The van der Waals surface area contributed by atoms with Crippen LogP contribution in [0.3, 0.4) is 0 Å². The molecule has 5 heterocycles. The van der Waals surface area contributed by atoms with E-state index in [0.717, 1.165) is 36.3 Å². The maximum Gasteiger partial charge on any atom is 0.246 e. The summed E-state index contributed by atoms with van der Waals surface area (Å²) in [6, 6.07) is 0.226. The number of nitrogens with zero attached hydrogens (tertiary/aromatic N) is 5. The number of aromatic nitrogens is 2. The number of benzene rings is 3. The van der Waals surface area contributed by atoms with E-state index in [-0.39, 0.29) is 76.0 Å². The van der Waals surface area contributed by atoms with E-state index in [1.54, 1.807) is 74.8 Å². The van der Waals surface area contributed by atoms with Gasteiger partial charge in [0.05, 0.1) is 37.5 Å². The molecule has 3 aliphatic heterocycles. The van der Waals surface area contributed by atoms with Gasteiger partial charge in [-0.15, -0.1) is 11.8 Å². The fourth-order valence-corrected chi connectivity index (χ4v) is 16.7. The predicted molar refractivity (Wildman–Crippen MR) is 464 cm³/mol. The minimum absolute atomic E-state index is 0.00345. The molecule has 3 saturated heterocycles. The fourth-order valence-electron chi connectivity index (χ4n) is 15.8. The number of aliphatic hydroxyl groups is 2. The first kappa shape index (κ1) is 99.4. The summed E-state index contributed by atoms with van der Waals surface area (Å²) in [4.78, 5) is 258. The van der Waals surface area contributed by atoms with Gasteiger partial charge in [-0.2, -0.15) is 0 Å². The van der Waals surface area contributed by atoms with Crippen molar-refractivity contribution in [2.45, 2.75) is 223 Å². The number of para-hydroxylation sites is 2. The number of hydrogen-bond donors (Lipinski definition) is 17. The van der Waals surface area contributed by atoms with Gasteiger partial charge in [-0.25, -0.2) is 0 Å². The van der Waals surface area contributed by atoms with Crippen molar-refractivity contribution < 1.29 is 96.8 Å². The monoisotopic (exact) mass is 1770 g/mol. The Morgan fingerprint density at radius 2 is 1.13 bits per heavy atom. The van der Waals surface area contributed by atoms with Gasteiger partial charge in [0.25, 0.3) is 0 Å². The maximum atomic E-state index is 15.6. The van der Waals surface area contributed by atoms with Crippen LogP contribution < -0.4 is 65.1 Å². The number of primary amides is 2. The summed E-state index contributed by atoms with van der Waals surface area (Å²) >= 11 is 0.784. The molecule has 20 N–H and O–H groups in total. The van der Waals surface area contributed by atoms with Crippen LogP contribution in [0.2, 0.25) is 0 Å². The highest BCUT2D eigenvalue weighted by Gasteiger charge is 2.46. The minimum Gasteiger partial charge on any atom is -0.508 e. The summed E-state index contributed by atoms with van der Waals surface area (Å²) in [7, 11) is 3.94. The van der Waals surface area contributed by atoms with Crippen LogP contribution in [0.25, 0.3) is 21.8 Å². The number of thioether (sulfide) groups is 1. The zero-order valence-corrected chi connectivity index (χ0v) is 73.4. The van der Waals surface area contributed by atoms with E-state index >= 15 is 28.8 Å². The first-order chi connectivity index (χ1) is 59.9. The number of phenolic OH excluding ortho intramolecular Hbond substituents is 1. The second-order valence-electron chi connectivity index (χ2n) is 32.9. The Labute approximate surface area is 734 Å². The molecule has 16 amide bonds. The molecule has 8 rings (SSSR count). The molecular formula is C86H121N19O20S. The number of phenols is 1. The van der Waals surface area contributed by atoms with Crippen molar-refractivity contribution in [3.8, 4) is 5.75 Å². The highest BCUT2D eigenvalue weighted by molar-refractivity contribution is 8.00. The molecule has 0 spiro atoms. The number of aromatic hydroxyl groups is 1. The summed E-state index contributed by atoms with van der Waals surface area (Å²) < 4.78 is 0. The largest absolute Gasteiger partial charge is 0.508 e. The van der Waals surface area contributed by atoms with E-state index in [2.05, 4.69) is 57.8 Å². The molecule has 3 aliphatic rings. The predicted octanol–water partition coefficient (Wildman–Crippen LogP) is -2.09. The summed E-state index contributed by atoms with van der Waals surface area (Å²) in [6.45, 7) is 6.93. The summed E-state index contributed by atoms with van der Waals surface area (Å²) in [5, 5.41) is 57.3. The number of fused-ring (bicyclic) bond motifs is 4. The van der Waals surface area contributed by atoms with Crippen LogP contribution in [-0.4, -0.2) is 300 Å². The van der Waals surface area contributed by atoms with Gasteiger partial charge in [0, 0.05) is 112 Å². The van der Waals surface area contributed by atoms with Crippen LogP contribution in [0.4, 0.5) is 0 Å². The number of ketones is 1.